The van der Waals surface area contributed by atoms with Crippen LogP contribution in [0.3, 0.4) is 0 Å². The van der Waals surface area contributed by atoms with E-state index in [0.717, 1.165) is 38.6 Å². The SMILES string of the molecule is COc1cc(/C=C2\SC(=O)N(CC(=O)N3CCCC3)C2=O)cc(I)c1OCc1ccccc1. The van der Waals surface area contributed by atoms with Crippen molar-refractivity contribution >= 4 is 57.5 Å². The van der Waals surface area contributed by atoms with Gasteiger partial charge in [0, 0.05) is 13.1 Å². The van der Waals surface area contributed by atoms with Crippen LogP contribution in [0.2, 0.25) is 0 Å². The highest BCUT2D eigenvalue weighted by molar-refractivity contribution is 14.1. The Morgan fingerprint density at radius 1 is 1.15 bits per heavy atom. The lowest BCUT2D eigenvalue weighted by Gasteiger charge is -2.18. The summed E-state index contributed by atoms with van der Waals surface area (Å²) >= 11 is 3.01. The highest BCUT2D eigenvalue weighted by Gasteiger charge is 2.37. The van der Waals surface area contributed by atoms with E-state index in [1.807, 2.05) is 36.4 Å². The lowest BCUT2D eigenvalue weighted by Crippen LogP contribution is -2.40. The van der Waals surface area contributed by atoms with Crippen LogP contribution in [0.25, 0.3) is 6.08 Å². The maximum Gasteiger partial charge on any atom is 0.294 e. The highest BCUT2D eigenvalue weighted by Crippen LogP contribution is 2.37. The summed E-state index contributed by atoms with van der Waals surface area (Å²) in [4.78, 5) is 40.7. The minimum absolute atomic E-state index is 0.188. The van der Waals surface area contributed by atoms with Gasteiger partial charge in [0.25, 0.3) is 11.1 Å². The Morgan fingerprint density at radius 3 is 2.58 bits per heavy atom. The number of amides is 3. The summed E-state index contributed by atoms with van der Waals surface area (Å²) in [6.45, 7) is 1.55. The predicted octanol–water partition coefficient (Wildman–Crippen LogP) is 4.54. The fourth-order valence-electron chi connectivity index (χ4n) is 3.68. The topological polar surface area (TPSA) is 76.2 Å². The van der Waals surface area contributed by atoms with Crippen molar-refractivity contribution in [2.24, 2.45) is 0 Å². The number of carbonyl (C=O) groups excluding carboxylic acids is 3. The van der Waals surface area contributed by atoms with Crippen LogP contribution in [0.5, 0.6) is 11.5 Å². The first-order valence-corrected chi connectivity index (χ1v) is 12.4. The van der Waals surface area contributed by atoms with Crippen molar-refractivity contribution in [2.45, 2.75) is 19.4 Å². The van der Waals surface area contributed by atoms with Crippen LogP contribution < -0.4 is 9.47 Å². The molecule has 0 saturated carbocycles. The van der Waals surface area contributed by atoms with Gasteiger partial charge < -0.3 is 14.4 Å². The second kappa shape index (κ2) is 10.6. The van der Waals surface area contributed by atoms with Crippen molar-refractivity contribution in [1.82, 2.24) is 9.80 Å². The van der Waals surface area contributed by atoms with E-state index in [1.54, 1.807) is 24.2 Å². The summed E-state index contributed by atoms with van der Waals surface area (Å²) < 4.78 is 12.3. The first kappa shape index (κ1) is 23.6. The molecule has 172 valence electrons. The van der Waals surface area contributed by atoms with E-state index in [0.29, 0.717) is 36.8 Å². The number of hydrogen-bond acceptors (Lipinski definition) is 6. The molecule has 0 aromatic heterocycles. The Kier molecular flexibility index (Phi) is 7.59. The number of likely N-dealkylation sites (tertiary alicyclic amines) is 1. The van der Waals surface area contributed by atoms with Gasteiger partial charge >= 0.3 is 0 Å². The van der Waals surface area contributed by atoms with Crippen molar-refractivity contribution < 1.29 is 23.9 Å². The average Bonchev–Trinajstić information content (AvgIpc) is 3.44. The second-order valence-electron chi connectivity index (χ2n) is 7.66. The number of imide groups is 1. The monoisotopic (exact) mass is 578 g/mol. The summed E-state index contributed by atoms with van der Waals surface area (Å²) in [5.74, 6) is 0.513. The molecular formula is C24H23IN2O5S. The van der Waals surface area contributed by atoms with Gasteiger partial charge in [0.05, 0.1) is 15.6 Å². The van der Waals surface area contributed by atoms with Gasteiger partial charge in [0.15, 0.2) is 11.5 Å². The molecule has 33 heavy (non-hydrogen) atoms. The first-order valence-electron chi connectivity index (χ1n) is 10.5. The van der Waals surface area contributed by atoms with Gasteiger partial charge in [-0.3, -0.25) is 19.3 Å². The molecule has 2 heterocycles. The Hall–Kier alpha value is -2.53. The van der Waals surface area contributed by atoms with E-state index >= 15 is 0 Å². The molecule has 2 aromatic rings. The number of methoxy groups -OCH3 is 1. The summed E-state index contributed by atoms with van der Waals surface area (Å²) in [6.07, 6.45) is 3.56. The van der Waals surface area contributed by atoms with E-state index in [9.17, 15) is 14.4 Å². The predicted molar refractivity (Wildman–Crippen MR) is 135 cm³/mol. The smallest absolute Gasteiger partial charge is 0.294 e. The zero-order valence-corrected chi connectivity index (χ0v) is 21.1. The van der Waals surface area contributed by atoms with Crippen LogP contribution in [0, 0.1) is 3.57 Å². The third-order valence-corrected chi connectivity index (χ3v) is 7.11. The fourth-order valence-corrected chi connectivity index (χ4v) is 5.30. The lowest BCUT2D eigenvalue weighted by atomic mass is 10.1. The molecule has 7 nitrogen and oxygen atoms in total. The Labute approximate surface area is 210 Å². The van der Waals surface area contributed by atoms with E-state index in [4.69, 9.17) is 9.47 Å². The summed E-state index contributed by atoms with van der Waals surface area (Å²) in [6, 6.07) is 13.5. The molecule has 2 aromatic carbocycles. The molecular weight excluding hydrogens is 555 g/mol. The van der Waals surface area contributed by atoms with E-state index in [1.165, 1.54) is 0 Å². The largest absolute Gasteiger partial charge is 0.493 e. The van der Waals surface area contributed by atoms with E-state index < -0.39 is 11.1 Å². The molecule has 3 amide bonds. The number of nitrogens with zero attached hydrogens (tertiary/aromatic N) is 2. The Bertz CT molecular complexity index is 1100. The fraction of sp³-hybridized carbons (Fsp3) is 0.292. The van der Waals surface area contributed by atoms with Gasteiger partial charge in [0.1, 0.15) is 13.2 Å². The molecule has 9 heteroatoms. The lowest BCUT2D eigenvalue weighted by molar-refractivity contribution is -0.135. The van der Waals surface area contributed by atoms with Crippen LogP contribution in [-0.4, -0.2) is 53.6 Å². The highest BCUT2D eigenvalue weighted by atomic mass is 127. The molecule has 2 fully saturated rings. The van der Waals surface area contributed by atoms with Gasteiger partial charge in [-0.05, 0) is 76.5 Å². The zero-order valence-electron chi connectivity index (χ0n) is 18.1. The van der Waals surface area contributed by atoms with Gasteiger partial charge in [-0.25, -0.2) is 0 Å². The molecule has 0 radical (unpaired) electrons. The minimum atomic E-state index is -0.448. The molecule has 4 rings (SSSR count). The summed E-state index contributed by atoms with van der Waals surface area (Å²) in [7, 11) is 1.56. The first-order chi connectivity index (χ1) is 16.0. The number of carbonyl (C=O) groups is 3. The van der Waals surface area contributed by atoms with Crippen LogP contribution in [0.4, 0.5) is 4.79 Å². The summed E-state index contributed by atoms with van der Waals surface area (Å²) in [5, 5.41) is -0.428. The Balaban J connectivity index is 1.49. The number of ether oxygens (including phenoxy) is 2. The van der Waals surface area contributed by atoms with Gasteiger partial charge in [-0.15, -0.1) is 0 Å². The third kappa shape index (κ3) is 5.52. The van der Waals surface area contributed by atoms with Crippen molar-refractivity contribution in [3.63, 3.8) is 0 Å². The zero-order chi connectivity index (χ0) is 23.4. The molecule has 2 saturated heterocycles. The quantitative estimate of drug-likeness (QED) is 0.355. The molecule has 0 unspecified atom stereocenters. The number of hydrogen-bond donors (Lipinski definition) is 0. The van der Waals surface area contributed by atoms with E-state index in [2.05, 4.69) is 22.6 Å². The molecule has 2 aliphatic rings. The standard InChI is InChI=1S/C24H23IN2O5S/c1-31-19-12-17(11-18(25)22(19)32-15-16-7-3-2-4-8-16)13-20-23(29)27(24(30)33-20)14-21(28)26-9-5-6-10-26/h2-4,7-8,11-13H,5-6,9-10,14-15H2,1H3/b20-13-. The van der Waals surface area contributed by atoms with Crippen LogP contribution in [-0.2, 0) is 16.2 Å². The van der Waals surface area contributed by atoms with Crippen LogP contribution >= 0.6 is 34.4 Å². The molecule has 0 N–H and O–H groups in total. The summed E-state index contributed by atoms with van der Waals surface area (Å²) in [5.41, 5.74) is 1.75. The maximum absolute atomic E-state index is 12.8. The van der Waals surface area contributed by atoms with Gasteiger partial charge in [-0.2, -0.15) is 0 Å². The number of benzene rings is 2. The van der Waals surface area contributed by atoms with Gasteiger partial charge in [-0.1, -0.05) is 30.3 Å². The van der Waals surface area contributed by atoms with E-state index in [-0.39, 0.29) is 17.4 Å². The second-order valence-corrected chi connectivity index (χ2v) is 9.82. The minimum Gasteiger partial charge on any atom is -0.493 e. The van der Waals surface area contributed by atoms with Crippen molar-refractivity contribution in [3.05, 3.63) is 62.1 Å². The Morgan fingerprint density at radius 2 is 1.88 bits per heavy atom. The molecule has 0 spiro atoms. The third-order valence-electron chi connectivity index (χ3n) is 5.40. The number of rotatable bonds is 7. The molecule has 0 bridgehead atoms. The van der Waals surface area contributed by atoms with Gasteiger partial charge in [0.2, 0.25) is 5.91 Å². The van der Waals surface area contributed by atoms with Crippen molar-refractivity contribution in [3.8, 4) is 11.5 Å². The molecule has 0 aliphatic carbocycles. The van der Waals surface area contributed by atoms with Crippen LogP contribution in [0.1, 0.15) is 24.0 Å². The van der Waals surface area contributed by atoms with Crippen molar-refractivity contribution in [2.75, 3.05) is 26.7 Å². The van der Waals surface area contributed by atoms with Crippen LogP contribution in [0.15, 0.2) is 47.4 Å². The number of halogens is 1. The molecule has 0 atom stereocenters. The average molecular weight is 578 g/mol. The maximum atomic E-state index is 12.8. The normalized spacial score (nSPS) is 17.2. The van der Waals surface area contributed by atoms with Crippen molar-refractivity contribution in [1.29, 1.82) is 0 Å². The number of thioether (sulfide) groups is 1. The molecule has 2 aliphatic heterocycles.